The van der Waals surface area contributed by atoms with Crippen molar-refractivity contribution in [1.29, 1.82) is 0 Å². The van der Waals surface area contributed by atoms with Crippen LogP contribution in [0.5, 0.6) is 0 Å². The summed E-state index contributed by atoms with van der Waals surface area (Å²) >= 11 is 0. The zero-order chi connectivity index (χ0) is 11.4. The second-order valence-corrected chi connectivity index (χ2v) is 4.19. The van der Waals surface area contributed by atoms with Gasteiger partial charge in [-0.3, -0.25) is 4.68 Å². The van der Waals surface area contributed by atoms with Crippen LogP contribution in [-0.4, -0.2) is 40.2 Å². The van der Waals surface area contributed by atoms with Crippen LogP contribution in [0.15, 0.2) is 12.4 Å². The molecule has 0 radical (unpaired) electrons. The Balaban J connectivity index is 1.80. The first-order valence-corrected chi connectivity index (χ1v) is 5.77. The summed E-state index contributed by atoms with van der Waals surface area (Å²) in [5.41, 5.74) is 1.15. The van der Waals surface area contributed by atoms with Crippen molar-refractivity contribution in [3.8, 4) is 0 Å². The Morgan fingerprint density at radius 3 is 3.25 bits per heavy atom. The standard InChI is InChI=1S/C11H19N3O2/c1-9-11(2-5-16-9)12-6-10-7-13-14(8-10)3-4-15/h7-9,11-12,15H,2-6H2,1H3. The lowest BCUT2D eigenvalue weighted by molar-refractivity contribution is 0.113. The summed E-state index contributed by atoms with van der Waals surface area (Å²) in [4.78, 5) is 0. The van der Waals surface area contributed by atoms with Crippen molar-refractivity contribution < 1.29 is 9.84 Å². The maximum Gasteiger partial charge on any atom is 0.0700 e. The molecule has 0 amide bonds. The summed E-state index contributed by atoms with van der Waals surface area (Å²) in [6.45, 7) is 4.44. The fourth-order valence-corrected chi connectivity index (χ4v) is 1.97. The third-order valence-corrected chi connectivity index (χ3v) is 2.96. The van der Waals surface area contributed by atoms with Crippen LogP contribution >= 0.6 is 0 Å². The topological polar surface area (TPSA) is 59.3 Å². The highest BCUT2D eigenvalue weighted by Crippen LogP contribution is 2.13. The van der Waals surface area contributed by atoms with Crippen molar-refractivity contribution in [3.05, 3.63) is 18.0 Å². The minimum atomic E-state index is 0.127. The van der Waals surface area contributed by atoms with Crippen molar-refractivity contribution >= 4 is 0 Å². The second-order valence-electron chi connectivity index (χ2n) is 4.19. The smallest absolute Gasteiger partial charge is 0.0700 e. The van der Waals surface area contributed by atoms with Crippen LogP contribution in [0, 0.1) is 0 Å². The van der Waals surface area contributed by atoms with Gasteiger partial charge in [0.05, 0.1) is 25.5 Å². The first kappa shape index (κ1) is 11.6. The lowest BCUT2D eigenvalue weighted by atomic mass is 10.1. The molecule has 1 aromatic heterocycles. The Bertz CT molecular complexity index is 327. The predicted molar refractivity (Wildman–Crippen MR) is 60.0 cm³/mol. The van der Waals surface area contributed by atoms with E-state index in [0.717, 1.165) is 25.1 Å². The van der Waals surface area contributed by atoms with Crippen LogP contribution in [0.2, 0.25) is 0 Å². The first-order valence-electron chi connectivity index (χ1n) is 5.77. The molecule has 0 saturated carbocycles. The molecule has 2 heterocycles. The summed E-state index contributed by atoms with van der Waals surface area (Å²) in [7, 11) is 0. The van der Waals surface area contributed by atoms with E-state index in [1.165, 1.54) is 0 Å². The van der Waals surface area contributed by atoms with Gasteiger partial charge < -0.3 is 15.2 Å². The maximum atomic E-state index is 8.77. The number of hydrogen-bond acceptors (Lipinski definition) is 4. The first-order chi connectivity index (χ1) is 7.79. The Labute approximate surface area is 95.4 Å². The third-order valence-electron chi connectivity index (χ3n) is 2.96. The molecule has 0 spiro atoms. The molecule has 2 unspecified atom stereocenters. The number of nitrogens with one attached hydrogen (secondary N) is 1. The number of rotatable bonds is 5. The second kappa shape index (κ2) is 5.43. The van der Waals surface area contributed by atoms with Gasteiger partial charge in [0.25, 0.3) is 0 Å². The number of aromatic nitrogens is 2. The van der Waals surface area contributed by atoms with Crippen molar-refractivity contribution in [2.45, 2.75) is 38.6 Å². The van der Waals surface area contributed by atoms with Gasteiger partial charge in [-0.05, 0) is 13.3 Å². The summed E-state index contributed by atoms with van der Waals surface area (Å²) in [5, 5.41) is 16.4. The van der Waals surface area contributed by atoms with E-state index >= 15 is 0 Å². The van der Waals surface area contributed by atoms with Crippen molar-refractivity contribution in [1.82, 2.24) is 15.1 Å². The van der Waals surface area contributed by atoms with Gasteiger partial charge in [-0.15, -0.1) is 0 Å². The molecule has 1 fully saturated rings. The summed E-state index contributed by atoms with van der Waals surface area (Å²) in [6.07, 6.45) is 5.17. The molecule has 1 aromatic rings. The van der Waals surface area contributed by atoms with E-state index in [1.54, 1.807) is 4.68 Å². The van der Waals surface area contributed by atoms with Gasteiger partial charge in [-0.25, -0.2) is 0 Å². The van der Waals surface area contributed by atoms with E-state index in [9.17, 15) is 0 Å². The molecule has 2 N–H and O–H groups in total. The highest BCUT2D eigenvalue weighted by atomic mass is 16.5. The minimum absolute atomic E-state index is 0.127. The Morgan fingerprint density at radius 1 is 1.69 bits per heavy atom. The molecule has 5 heteroatoms. The van der Waals surface area contributed by atoms with E-state index in [-0.39, 0.29) is 6.61 Å². The van der Waals surface area contributed by atoms with Gasteiger partial charge in [0.2, 0.25) is 0 Å². The molecule has 2 rings (SSSR count). The molecule has 0 aromatic carbocycles. The number of hydrogen-bond donors (Lipinski definition) is 2. The van der Waals surface area contributed by atoms with E-state index in [0.29, 0.717) is 18.7 Å². The van der Waals surface area contributed by atoms with Gasteiger partial charge in [-0.1, -0.05) is 0 Å². The summed E-state index contributed by atoms with van der Waals surface area (Å²) in [6, 6.07) is 0.446. The van der Waals surface area contributed by atoms with Gasteiger partial charge in [0.15, 0.2) is 0 Å². The summed E-state index contributed by atoms with van der Waals surface area (Å²) in [5.74, 6) is 0. The molecule has 0 aliphatic carbocycles. The largest absolute Gasteiger partial charge is 0.394 e. The minimum Gasteiger partial charge on any atom is -0.394 e. The number of ether oxygens (including phenoxy) is 1. The zero-order valence-electron chi connectivity index (χ0n) is 9.59. The molecule has 90 valence electrons. The van der Waals surface area contributed by atoms with E-state index in [2.05, 4.69) is 17.3 Å². The fourth-order valence-electron chi connectivity index (χ4n) is 1.97. The number of aliphatic hydroxyl groups excluding tert-OH is 1. The SMILES string of the molecule is CC1OCCC1NCc1cnn(CCO)c1. The molecule has 5 nitrogen and oxygen atoms in total. The molecule has 1 aliphatic rings. The highest BCUT2D eigenvalue weighted by molar-refractivity contribution is 5.03. The zero-order valence-corrected chi connectivity index (χ0v) is 9.59. The number of nitrogens with zero attached hydrogens (tertiary/aromatic N) is 2. The average Bonchev–Trinajstić information content (AvgIpc) is 2.86. The molecule has 0 bridgehead atoms. The Kier molecular flexibility index (Phi) is 3.93. The number of aliphatic hydroxyl groups is 1. The lowest BCUT2D eigenvalue weighted by Gasteiger charge is -2.14. The Hall–Kier alpha value is -0.910. The van der Waals surface area contributed by atoms with E-state index in [1.807, 2.05) is 12.4 Å². The lowest BCUT2D eigenvalue weighted by Crippen LogP contribution is -2.34. The van der Waals surface area contributed by atoms with Crippen molar-refractivity contribution in [2.24, 2.45) is 0 Å². The normalized spacial score (nSPS) is 25.1. The molecule has 16 heavy (non-hydrogen) atoms. The van der Waals surface area contributed by atoms with Gasteiger partial charge in [0.1, 0.15) is 0 Å². The van der Waals surface area contributed by atoms with Crippen LogP contribution < -0.4 is 5.32 Å². The van der Waals surface area contributed by atoms with Crippen molar-refractivity contribution in [2.75, 3.05) is 13.2 Å². The predicted octanol–water partition coefficient (Wildman–Crippen LogP) is 0.142. The average molecular weight is 225 g/mol. The maximum absolute atomic E-state index is 8.77. The van der Waals surface area contributed by atoms with Gasteiger partial charge in [0, 0.05) is 31.0 Å². The van der Waals surface area contributed by atoms with Gasteiger partial charge in [-0.2, -0.15) is 5.10 Å². The third kappa shape index (κ3) is 2.81. The van der Waals surface area contributed by atoms with Crippen LogP contribution in [0.3, 0.4) is 0 Å². The quantitative estimate of drug-likeness (QED) is 0.748. The van der Waals surface area contributed by atoms with Crippen LogP contribution in [-0.2, 0) is 17.8 Å². The molecule has 1 saturated heterocycles. The van der Waals surface area contributed by atoms with Crippen LogP contribution in [0.25, 0.3) is 0 Å². The molecule has 2 atom stereocenters. The monoisotopic (exact) mass is 225 g/mol. The van der Waals surface area contributed by atoms with E-state index < -0.39 is 0 Å². The van der Waals surface area contributed by atoms with Crippen LogP contribution in [0.4, 0.5) is 0 Å². The molecular weight excluding hydrogens is 206 g/mol. The van der Waals surface area contributed by atoms with Gasteiger partial charge >= 0.3 is 0 Å². The molecule has 1 aliphatic heterocycles. The fraction of sp³-hybridized carbons (Fsp3) is 0.727. The summed E-state index contributed by atoms with van der Waals surface area (Å²) < 4.78 is 7.24. The van der Waals surface area contributed by atoms with E-state index in [4.69, 9.17) is 9.84 Å². The van der Waals surface area contributed by atoms with Crippen molar-refractivity contribution in [3.63, 3.8) is 0 Å². The Morgan fingerprint density at radius 2 is 2.56 bits per heavy atom. The molecular formula is C11H19N3O2. The highest BCUT2D eigenvalue weighted by Gasteiger charge is 2.23. The van der Waals surface area contributed by atoms with Crippen LogP contribution in [0.1, 0.15) is 18.9 Å².